The molecule has 2 aliphatic carbocycles. The molecule has 0 spiro atoms. The fourth-order valence-electron chi connectivity index (χ4n) is 7.09. The van der Waals surface area contributed by atoms with E-state index in [1.807, 2.05) is 39.2 Å². The summed E-state index contributed by atoms with van der Waals surface area (Å²) in [6.45, 7) is 7.02. The van der Waals surface area contributed by atoms with Gasteiger partial charge >= 0.3 is 0 Å². The zero-order chi connectivity index (χ0) is 29.0. The first-order valence-corrected chi connectivity index (χ1v) is 15.2. The lowest BCUT2D eigenvalue weighted by Crippen LogP contribution is -2.51. The molecular weight excluding hydrogens is 516 g/mol. The molecule has 0 N–H and O–H groups in total. The van der Waals surface area contributed by atoms with Crippen molar-refractivity contribution in [3.05, 3.63) is 124 Å². The highest BCUT2D eigenvalue weighted by molar-refractivity contribution is 5.45. The highest BCUT2D eigenvalue weighted by Crippen LogP contribution is 2.55. The van der Waals surface area contributed by atoms with Gasteiger partial charge in [0.2, 0.25) is 0 Å². The van der Waals surface area contributed by atoms with E-state index in [4.69, 9.17) is 9.47 Å². The monoisotopic (exact) mass is 556 g/mol. The van der Waals surface area contributed by atoms with E-state index in [-0.39, 0.29) is 5.41 Å². The predicted octanol–water partition coefficient (Wildman–Crippen LogP) is 7.88. The average molecular weight is 557 g/mol. The van der Waals surface area contributed by atoms with Gasteiger partial charge in [0.05, 0.1) is 6.61 Å². The summed E-state index contributed by atoms with van der Waals surface area (Å²) in [6, 6.07) is 26.1. The second kappa shape index (κ2) is 12.1. The third-order valence-corrected chi connectivity index (χ3v) is 9.29. The van der Waals surface area contributed by atoms with Gasteiger partial charge in [-0.15, -0.1) is 5.92 Å². The van der Waals surface area contributed by atoms with Crippen LogP contribution in [0, 0.1) is 31.6 Å². The van der Waals surface area contributed by atoms with Gasteiger partial charge in [0.25, 0.3) is 0 Å². The van der Waals surface area contributed by atoms with Gasteiger partial charge in [-0.2, -0.15) is 0 Å². The van der Waals surface area contributed by atoms with E-state index in [0.717, 1.165) is 66.8 Å². The molecule has 3 unspecified atom stereocenters. The lowest BCUT2D eigenvalue weighted by molar-refractivity contribution is -0.0740. The van der Waals surface area contributed by atoms with E-state index in [2.05, 4.69) is 88.5 Å². The van der Waals surface area contributed by atoms with Crippen molar-refractivity contribution in [2.75, 3.05) is 0 Å². The van der Waals surface area contributed by atoms with Crippen molar-refractivity contribution in [2.24, 2.45) is 5.92 Å². The number of nitrogens with zero attached hydrogens (tertiary/aromatic N) is 2. The molecule has 42 heavy (non-hydrogen) atoms. The molecule has 0 saturated heterocycles. The van der Waals surface area contributed by atoms with Crippen LogP contribution in [0.4, 0.5) is 0 Å². The molecule has 3 atom stereocenters. The molecule has 1 saturated carbocycles. The fraction of sp³-hybridized carbons (Fsp3) is 0.368. The molecule has 2 heterocycles. The fourth-order valence-corrected chi connectivity index (χ4v) is 7.09. The van der Waals surface area contributed by atoms with Crippen molar-refractivity contribution in [1.82, 2.24) is 9.97 Å². The normalized spacial score (nSPS) is 22.8. The molecule has 0 aliphatic heterocycles. The van der Waals surface area contributed by atoms with Crippen molar-refractivity contribution in [3.63, 3.8) is 0 Å². The Morgan fingerprint density at radius 1 is 0.833 bits per heavy atom. The molecule has 1 fully saturated rings. The lowest BCUT2D eigenvalue weighted by atomic mass is 9.52. The lowest BCUT2D eigenvalue weighted by Gasteiger charge is -2.53. The van der Waals surface area contributed by atoms with Gasteiger partial charge in [0.1, 0.15) is 18.0 Å². The minimum Gasteiger partial charge on any atom is -0.489 e. The number of aromatic nitrogens is 2. The molecule has 6 rings (SSSR count). The quantitative estimate of drug-likeness (QED) is 0.207. The molecule has 0 amide bonds. The van der Waals surface area contributed by atoms with Crippen LogP contribution in [0.1, 0.15) is 71.8 Å². The summed E-state index contributed by atoms with van der Waals surface area (Å²) < 4.78 is 13.0. The van der Waals surface area contributed by atoms with Crippen LogP contribution < -0.4 is 4.74 Å². The Bertz CT molecular complexity index is 1570. The maximum Gasteiger partial charge on any atom is 0.129 e. The minimum absolute atomic E-state index is 0.0437. The Labute approximate surface area is 250 Å². The van der Waals surface area contributed by atoms with Crippen LogP contribution >= 0.6 is 0 Å². The molecule has 4 nitrogen and oxygen atoms in total. The first-order valence-electron chi connectivity index (χ1n) is 15.2. The third-order valence-electron chi connectivity index (χ3n) is 9.29. The summed E-state index contributed by atoms with van der Waals surface area (Å²) in [5.41, 5.74) is 8.12. The van der Waals surface area contributed by atoms with E-state index < -0.39 is 5.60 Å². The summed E-state index contributed by atoms with van der Waals surface area (Å²) >= 11 is 0. The maximum absolute atomic E-state index is 6.73. The number of benzene rings is 2. The molecule has 0 radical (unpaired) electrons. The van der Waals surface area contributed by atoms with Gasteiger partial charge in [0, 0.05) is 34.8 Å². The molecule has 214 valence electrons. The average Bonchev–Trinajstić information content (AvgIpc) is 3.01. The van der Waals surface area contributed by atoms with Crippen LogP contribution in [0.3, 0.4) is 0 Å². The van der Waals surface area contributed by atoms with E-state index in [0.29, 0.717) is 19.1 Å². The van der Waals surface area contributed by atoms with Gasteiger partial charge in [0.15, 0.2) is 0 Å². The molecule has 0 bridgehead atoms. The summed E-state index contributed by atoms with van der Waals surface area (Å²) in [5, 5.41) is 0. The number of hydrogen-bond acceptors (Lipinski definition) is 4. The SMILES string of the molecule is CC#CC1(OCc2ccc(C)nc2)CCC2(Cc3ccccc3)c3ccc(OCc4ccc(C)nc4)cc3CCC2C1. The Balaban J connectivity index is 1.28. The third kappa shape index (κ3) is 5.98. The Morgan fingerprint density at radius 3 is 2.26 bits per heavy atom. The second-order valence-corrected chi connectivity index (χ2v) is 12.1. The van der Waals surface area contributed by atoms with Crippen molar-refractivity contribution in [2.45, 2.75) is 83.5 Å². The van der Waals surface area contributed by atoms with Crippen LogP contribution in [0.5, 0.6) is 5.75 Å². The molecule has 2 aromatic carbocycles. The van der Waals surface area contributed by atoms with Crippen molar-refractivity contribution < 1.29 is 9.47 Å². The highest BCUT2D eigenvalue weighted by Gasteiger charge is 2.52. The van der Waals surface area contributed by atoms with E-state index in [1.54, 1.807) is 0 Å². The van der Waals surface area contributed by atoms with Crippen LogP contribution in [0.2, 0.25) is 0 Å². The predicted molar refractivity (Wildman–Crippen MR) is 167 cm³/mol. The van der Waals surface area contributed by atoms with Gasteiger partial charge in [-0.3, -0.25) is 9.97 Å². The Hall–Kier alpha value is -3.94. The van der Waals surface area contributed by atoms with Gasteiger partial charge in [-0.25, -0.2) is 0 Å². The number of ether oxygens (including phenoxy) is 2. The Morgan fingerprint density at radius 2 is 1.57 bits per heavy atom. The zero-order valence-electron chi connectivity index (χ0n) is 25.0. The van der Waals surface area contributed by atoms with Crippen LogP contribution in [0.15, 0.2) is 85.2 Å². The topological polar surface area (TPSA) is 44.2 Å². The molecule has 2 aromatic heterocycles. The van der Waals surface area contributed by atoms with Gasteiger partial charge < -0.3 is 9.47 Å². The molecule has 2 aliphatic rings. The molecule has 4 aromatic rings. The number of aryl methyl sites for hydroxylation is 3. The van der Waals surface area contributed by atoms with Crippen LogP contribution in [-0.4, -0.2) is 15.6 Å². The largest absolute Gasteiger partial charge is 0.489 e. The van der Waals surface area contributed by atoms with Crippen molar-refractivity contribution in [1.29, 1.82) is 0 Å². The molecule has 4 heteroatoms. The van der Waals surface area contributed by atoms with Crippen LogP contribution in [0.25, 0.3) is 0 Å². The standard InChI is InChI=1S/C38H40N2O2/c1-4-18-37(42-27-32-13-11-29(3)40-25-32)19-20-38(22-30-8-6-5-7-9-30)34(23-37)15-14-33-21-35(16-17-36(33)38)41-26-31-12-10-28(2)39-24-31/h5-13,16-17,21,24-25,34H,14-15,19-20,22-23,26-27H2,1-3H3. The Kier molecular flexibility index (Phi) is 8.13. The molecular formula is C38H40N2O2. The summed E-state index contributed by atoms with van der Waals surface area (Å²) in [6.07, 6.45) is 9.90. The smallest absolute Gasteiger partial charge is 0.129 e. The number of rotatable bonds is 8. The number of hydrogen-bond donors (Lipinski definition) is 0. The van der Waals surface area contributed by atoms with Crippen LogP contribution in [-0.2, 0) is 36.2 Å². The second-order valence-electron chi connectivity index (χ2n) is 12.1. The summed E-state index contributed by atoms with van der Waals surface area (Å²) in [5.74, 6) is 8.18. The van der Waals surface area contributed by atoms with E-state index in [1.165, 1.54) is 16.7 Å². The summed E-state index contributed by atoms with van der Waals surface area (Å²) in [7, 11) is 0. The maximum atomic E-state index is 6.73. The van der Waals surface area contributed by atoms with E-state index >= 15 is 0 Å². The number of pyridine rings is 2. The number of fused-ring (bicyclic) bond motifs is 3. The van der Waals surface area contributed by atoms with E-state index in [9.17, 15) is 0 Å². The zero-order valence-corrected chi connectivity index (χ0v) is 25.0. The first kappa shape index (κ1) is 28.2. The minimum atomic E-state index is -0.437. The first-order chi connectivity index (χ1) is 20.5. The van der Waals surface area contributed by atoms with Crippen molar-refractivity contribution >= 4 is 0 Å². The summed E-state index contributed by atoms with van der Waals surface area (Å²) in [4.78, 5) is 8.88. The van der Waals surface area contributed by atoms with Crippen molar-refractivity contribution in [3.8, 4) is 17.6 Å². The highest BCUT2D eigenvalue weighted by atomic mass is 16.5. The van der Waals surface area contributed by atoms with Gasteiger partial charge in [-0.05, 0) is 112 Å². The van der Waals surface area contributed by atoms with Gasteiger partial charge in [-0.1, -0.05) is 54.5 Å².